The summed E-state index contributed by atoms with van der Waals surface area (Å²) >= 11 is 0. The normalized spacial score (nSPS) is 15.4. The molecule has 1 unspecified atom stereocenters. The van der Waals surface area contributed by atoms with Crippen LogP contribution in [-0.4, -0.2) is 30.3 Å². The van der Waals surface area contributed by atoms with Crippen LogP contribution in [0.25, 0.3) is 0 Å². The maximum Gasteiger partial charge on any atom is 0.320 e. The Morgan fingerprint density at radius 3 is 3.16 bits per heavy atom. The topological polar surface area (TPSA) is 84.6 Å². The summed E-state index contributed by atoms with van der Waals surface area (Å²) in [7, 11) is 0. The van der Waals surface area contributed by atoms with E-state index in [-0.39, 0.29) is 0 Å². The van der Waals surface area contributed by atoms with Crippen LogP contribution in [0, 0.1) is 0 Å². The number of hydrogen-bond acceptors (Lipinski definition) is 4. The standard InChI is InChI=1S/C14H20N2O3/c15-12(14(17)18)5-6-16-9-10-3-4-13-11(8-10)2-1-7-19-13/h3-4,8,12,16H,1-2,5-7,9,15H2,(H,17,18). The first-order valence-electron chi connectivity index (χ1n) is 6.60. The summed E-state index contributed by atoms with van der Waals surface area (Å²) in [6, 6.07) is 5.41. The molecule has 0 fully saturated rings. The molecule has 19 heavy (non-hydrogen) atoms. The van der Waals surface area contributed by atoms with Crippen LogP contribution < -0.4 is 15.8 Å². The number of ether oxygens (including phenoxy) is 1. The van der Waals surface area contributed by atoms with Gasteiger partial charge in [0.25, 0.3) is 0 Å². The van der Waals surface area contributed by atoms with Gasteiger partial charge in [0, 0.05) is 6.54 Å². The van der Waals surface area contributed by atoms with Crippen molar-refractivity contribution in [3.8, 4) is 5.75 Å². The quantitative estimate of drug-likeness (QED) is 0.665. The van der Waals surface area contributed by atoms with Gasteiger partial charge in [0.15, 0.2) is 0 Å². The lowest BCUT2D eigenvalue weighted by atomic mass is 10.0. The molecule has 1 atom stereocenters. The predicted octanol–water partition coefficient (Wildman–Crippen LogP) is 0.903. The molecule has 0 aliphatic carbocycles. The van der Waals surface area contributed by atoms with E-state index in [1.807, 2.05) is 12.1 Å². The minimum absolute atomic E-state index is 0.434. The highest BCUT2D eigenvalue weighted by Gasteiger charge is 2.11. The molecule has 0 aromatic heterocycles. The molecule has 0 spiro atoms. The Labute approximate surface area is 112 Å². The number of carboxylic acid groups (broad SMARTS) is 1. The SMILES string of the molecule is NC(CCNCc1ccc2c(c1)CCCO2)C(=O)O. The summed E-state index contributed by atoms with van der Waals surface area (Å²) in [4.78, 5) is 10.6. The summed E-state index contributed by atoms with van der Waals surface area (Å²) in [5, 5.41) is 11.9. The second kappa shape index (κ2) is 6.54. The van der Waals surface area contributed by atoms with Crippen LogP contribution in [0.5, 0.6) is 5.75 Å². The van der Waals surface area contributed by atoms with E-state index in [4.69, 9.17) is 15.6 Å². The van der Waals surface area contributed by atoms with E-state index in [0.29, 0.717) is 13.0 Å². The number of benzene rings is 1. The lowest BCUT2D eigenvalue weighted by molar-refractivity contribution is -0.138. The number of aryl methyl sites for hydroxylation is 1. The van der Waals surface area contributed by atoms with Crippen molar-refractivity contribution in [1.29, 1.82) is 0 Å². The fourth-order valence-electron chi connectivity index (χ4n) is 2.14. The number of fused-ring (bicyclic) bond motifs is 1. The number of nitrogens with two attached hydrogens (primary N) is 1. The fourth-order valence-corrected chi connectivity index (χ4v) is 2.14. The average Bonchev–Trinajstić information content (AvgIpc) is 2.43. The van der Waals surface area contributed by atoms with E-state index >= 15 is 0 Å². The van der Waals surface area contributed by atoms with Crippen LogP contribution in [0.1, 0.15) is 24.0 Å². The van der Waals surface area contributed by atoms with Crippen molar-refractivity contribution in [2.45, 2.75) is 31.8 Å². The fraction of sp³-hybridized carbons (Fsp3) is 0.500. The van der Waals surface area contributed by atoms with Crippen LogP contribution in [0.4, 0.5) is 0 Å². The second-order valence-corrected chi connectivity index (χ2v) is 4.80. The molecule has 0 saturated carbocycles. The van der Waals surface area contributed by atoms with E-state index in [0.717, 1.165) is 31.7 Å². The minimum Gasteiger partial charge on any atom is -0.493 e. The lowest BCUT2D eigenvalue weighted by Gasteiger charge is -2.18. The molecule has 1 aromatic rings. The molecule has 104 valence electrons. The Morgan fingerprint density at radius 1 is 1.53 bits per heavy atom. The third-order valence-corrected chi connectivity index (χ3v) is 3.25. The van der Waals surface area contributed by atoms with Crippen molar-refractivity contribution in [3.05, 3.63) is 29.3 Å². The van der Waals surface area contributed by atoms with E-state index in [2.05, 4.69) is 11.4 Å². The summed E-state index contributed by atoms with van der Waals surface area (Å²) in [5.41, 5.74) is 7.88. The largest absolute Gasteiger partial charge is 0.493 e. The first-order valence-corrected chi connectivity index (χ1v) is 6.60. The van der Waals surface area contributed by atoms with E-state index in [1.54, 1.807) is 0 Å². The number of rotatable bonds is 6. The zero-order chi connectivity index (χ0) is 13.7. The van der Waals surface area contributed by atoms with Crippen molar-refractivity contribution in [1.82, 2.24) is 5.32 Å². The van der Waals surface area contributed by atoms with Gasteiger partial charge in [-0.05, 0) is 43.0 Å². The molecule has 0 radical (unpaired) electrons. The van der Waals surface area contributed by atoms with Crippen molar-refractivity contribution >= 4 is 5.97 Å². The van der Waals surface area contributed by atoms with Crippen molar-refractivity contribution < 1.29 is 14.6 Å². The molecule has 4 N–H and O–H groups in total. The molecular formula is C14H20N2O3. The number of carboxylic acids is 1. The molecular weight excluding hydrogens is 244 g/mol. The summed E-state index contributed by atoms with van der Waals surface area (Å²) in [6.45, 7) is 2.12. The minimum atomic E-state index is -0.951. The Bertz CT molecular complexity index is 448. The van der Waals surface area contributed by atoms with Crippen molar-refractivity contribution in [2.24, 2.45) is 5.73 Å². The van der Waals surface area contributed by atoms with Gasteiger partial charge in [-0.2, -0.15) is 0 Å². The van der Waals surface area contributed by atoms with Gasteiger partial charge in [-0.1, -0.05) is 12.1 Å². The van der Waals surface area contributed by atoms with Crippen molar-refractivity contribution in [3.63, 3.8) is 0 Å². The molecule has 0 saturated heterocycles. The summed E-state index contributed by atoms with van der Waals surface area (Å²) in [6.07, 6.45) is 2.56. The van der Waals surface area contributed by atoms with E-state index in [1.165, 1.54) is 11.1 Å². The van der Waals surface area contributed by atoms with Gasteiger partial charge < -0.3 is 20.9 Å². The third kappa shape index (κ3) is 3.94. The van der Waals surface area contributed by atoms with Gasteiger partial charge in [-0.25, -0.2) is 0 Å². The summed E-state index contributed by atoms with van der Waals surface area (Å²) in [5.74, 6) is 0.0376. The highest BCUT2D eigenvalue weighted by Crippen LogP contribution is 2.25. The molecule has 0 bridgehead atoms. The van der Waals surface area contributed by atoms with Crippen LogP contribution in [0.3, 0.4) is 0 Å². The Balaban J connectivity index is 1.78. The van der Waals surface area contributed by atoms with E-state index in [9.17, 15) is 4.79 Å². The highest BCUT2D eigenvalue weighted by molar-refractivity contribution is 5.72. The Morgan fingerprint density at radius 2 is 2.37 bits per heavy atom. The molecule has 1 aromatic carbocycles. The molecule has 0 amide bonds. The van der Waals surface area contributed by atoms with Gasteiger partial charge in [0.2, 0.25) is 0 Å². The van der Waals surface area contributed by atoms with Crippen molar-refractivity contribution in [2.75, 3.05) is 13.2 Å². The molecule has 1 aliphatic heterocycles. The molecule has 5 nitrogen and oxygen atoms in total. The molecule has 2 rings (SSSR count). The van der Waals surface area contributed by atoms with Crippen LogP contribution in [0.2, 0.25) is 0 Å². The number of aliphatic carboxylic acids is 1. The zero-order valence-electron chi connectivity index (χ0n) is 10.9. The van der Waals surface area contributed by atoms with E-state index < -0.39 is 12.0 Å². The number of hydrogen-bond donors (Lipinski definition) is 3. The zero-order valence-corrected chi connectivity index (χ0v) is 10.9. The third-order valence-electron chi connectivity index (χ3n) is 3.25. The molecule has 1 aliphatic rings. The second-order valence-electron chi connectivity index (χ2n) is 4.80. The average molecular weight is 264 g/mol. The first-order chi connectivity index (χ1) is 9.16. The van der Waals surface area contributed by atoms with Crippen LogP contribution in [-0.2, 0) is 17.8 Å². The van der Waals surface area contributed by atoms with Gasteiger partial charge in [-0.3, -0.25) is 4.79 Å². The van der Waals surface area contributed by atoms with Gasteiger partial charge in [0.1, 0.15) is 11.8 Å². The first kappa shape index (κ1) is 13.8. The smallest absolute Gasteiger partial charge is 0.320 e. The predicted molar refractivity (Wildman–Crippen MR) is 72.2 cm³/mol. The number of nitrogens with one attached hydrogen (secondary N) is 1. The summed E-state index contributed by atoms with van der Waals surface area (Å²) < 4.78 is 5.56. The molecule has 5 heteroatoms. The highest BCUT2D eigenvalue weighted by atomic mass is 16.5. The van der Waals surface area contributed by atoms with Crippen LogP contribution in [0.15, 0.2) is 18.2 Å². The van der Waals surface area contributed by atoms with Gasteiger partial charge in [-0.15, -0.1) is 0 Å². The number of carbonyl (C=O) groups is 1. The van der Waals surface area contributed by atoms with Gasteiger partial charge in [0.05, 0.1) is 6.61 Å². The molecule has 1 heterocycles. The monoisotopic (exact) mass is 264 g/mol. The maximum atomic E-state index is 10.6. The Kier molecular flexibility index (Phi) is 4.76. The van der Waals surface area contributed by atoms with Crippen LogP contribution >= 0.6 is 0 Å². The van der Waals surface area contributed by atoms with Gasteiger partial charge >= 0.3 is 5.97 Å². The maximum absolute atomic E-state index is 10.6. The Hall–Kier alpha value is -1.59. The lowest BCUT2D eigenvalue weighted by Crippen LogP contribution is -2.33.